The zero-order chi connectivity index (χ0) is 17.8. The maximum absolute atomic E-state index is 11.8. The molecule has 0 spiro atoms. The molecule has 3 rings (SSSR count). The van der Waals surface area contributed by atoms with Crippen molar-refractivity contribution in [3.63, 3.8) is 0 Å². The molecule has 0 fully saturated rings. The molecule has 1 aromatic carbocycles. The molecule has 0 aromatic heterocycles. The minimum Gasteiger partial charge on any atom is -0.423 e. The van der Waals surface area contributed by atoms with Crippen molar-refractivity contribution in [3.05, 3.63) is 82.8 Å². The van der Waals surface area contributed by atoms with Gasteiger partial charge in [-0.2, -0.15) is 10.5 Å². The first-order chi connectivity index (χ1) is 12.1. The van der Waals surface area contributed by atoms with Gasteiger partial charge >= 0.3 is 5.97 Å². The molecule has 0 aliphatic carbocycles. The molecule has 1 aromatic rings. The Balaban J connectivity index is 1.86. The Morgan fingerprint density at radius 2 is 1.92 bits per heavy atom. The summed E-state index contributed by atoms with van der Waals surface area (Å²) in [5.74, 6) is -0.217. The van der Waals surface area contributed by atoms with Crippen LogP contribution in [-0.4, -0.2) is 13.0 Å². The predicted octanol–water partition coefficient (Wildman–Crippen LogP) is 3.37. The van der Waals surface area contributed by atoms with Gasteiger partial charge in [0.05, 0.1) is 5.57 Å². The van der Waals surface area contributed by atoms with E-state index in [1.807, 2.05) is 54.4 Å². The number of likely N-dealkylation sites (N-methyl/N-ethyl adjacent to an activating group) is 1. The Labute approximate surface area is 145 Å². The molecule has 120 valence electrons. The van der Waals surface area contributed by atoms with Crippen molar-refractivity contribution in [1.29, 1.82) is 10.5 Å². The second kappa shape index (κ2) is 6.74. The lowest BCUT2D eigenvalue weighted by Gasteiger charge is -2.26. The van der Waals surface area contributed by atoms with Crippen LogP contribution in [0.5, 0.6) is 0 Å². The van der Waals surface area contributed by atoms with Crippen LogP contribution in [-0.2, 0) is 9.53 Å². The number of nitriles is 2. The largest absolute Gasteiger partial charge is 0.423 e. The van der Waals surface area contributed by atoms with E-state index in [9.17, 15) is 4.79 Å². The Kier molecular flexibility index (Phi) is 4.32. The smallest absolute Gasteiger partial charge is 0.343 e. The topological polar surface area (TPSA) is 77.1 Å². The molecule has 0 unspecified atom stereocenters. The van der Waals surface area contributed by atoms with Crippen molar-refractivity contribution in [2.45, 2.75) is 0 Å². The zero-order valence-electron chi connectivity index (χ0n) is 13.4. The van der Waals surface area contributed by atoms with Crippen molar-refractivity contribution in [2.24, 2.45) is 0 Å². The standard InChI is InChI=1S/C20H13N3O2/c1-23-17(7-6-15-4-2-3-5-19(15)23)8-9-18-11-16(20(24)25-18)10-14(12-21)13-22/h2-11H,1H3/b17-8-,18-9-. The SMILES string of the molecule is CN1/C(=C\C=C2\C=C(C=C(C#N)C#N)C(=O)O2)C=Cc2ccccc21. The van der Waals surface area contributed by atoms with Gasteiger partial charge in [0.25, 0.3) is 0 Å². The highest BCUT2D eigenvalue weighted by Crippen LogP contribution is 2.29. The van der Waals surface area contributed by atoms with E-state index in [-0.39, 0.29) is 11.1 Å². The summed E-state index contributed by atoms with van der Waals surface area (Å²) in [6.07, 6.45) is 10.3. The van der Waals surface area contributed by atoms with Crippen LogP contribution in [0.4, 0.5) is 5.69 Å². The van der Waals surface area contributed by atoms with Crippen LogP contribution in [0.15, 0.2) is 77.2 Å². The van der Waals surface area contributed by atoms with E-state index in [0.29, 0.717) is 5.76 Å². The van der Waals surface area contributed by atoms with E-state index in [2.05, 4.69) is 0 Å². The minimum absolute atomic E-state index is 0.144. The van der Waals surface area contributed by atoms with Gasteiger partial charge in [-0.05, 0) is 42.0 Å². The van der Waals surface area contributed by atoms with E-state index >= 15 is 0 Å². The van der Waals surface area contributed by atoms with Gasteiger partial charge in [-0.25, -0.2) is 4.79 Å². The second-order valence-corrected chi connectivity index (χ2v) is 5.38. The number of carbonyl (C=O) groups excluding carboxylic acids is 1. The first-order valence-electron chi connectivity index (χ1n) is 7.51. The third-order valence-electron chi connectivity index (χ3n) is 3.82. The molecule has 2 aliphatic heterocycles. The number of hydrogen-bond acceptors (Lipinski definition) is 5. The van der Waals surface area contributed by atoms with E-state index < -0.39 is 5.97 Å². The molecule has 2 aliphatic rings. The van der Waals surface area contributed by atoms with Gasteiger partial charge in [0, 0.05) is 18.4 Å². The summed E-state index contributed by atoms with van der Waals surface area (Å²) in [7, 11) is 1.96. The molecule has 2 heterocycles. The normalized spacial score (nSPS) is 18.3. The Bertz CT molecular complexity index is 963. The summed E-state index contributed by atoms with van der Waals surface area (Å²) < 4.78 is 5.14. The zero-order valence-corrected chi connectivity index (χ0v) is 13.4. The van der Waals surface area contributed by atoms with E-state index in [4.69, 9.17) is 15.3 Å². The number of esters is 1. The monoisotopic (exact) mass is 327 g/mol. The van der Waals surface area contributed by atoms with Gasteiger partial charge < -0.3 is 9.64 Å². The maximum Gasteiger partial charge on any atom is 0.343 e. The minimum atomic E-state index is -0.578. The average Bonchev–Trinajstić information content (AvgIpc) is 2.99. The van der Waals surface area contributed by atoms with Crippen molar-refractivity contribution >= 4 is 17.7 Å². The summed E-state index contributed by atoms with van der Waals surface area (Å²) in [6, 6.07) is 11.5. The third-order valence-corrected chi connectivity index (χ3v) is 3.82. The highest BCUT2D eigenvalue weighted by atomic mass is 16.5. The number of fused-ring (bicyclic) bond motifs is 1. The summed E-state index contributed by atoms with van der Waals surface area (Å²) in [5.41, 5.74) is 3.20. The Hall–Kier alpha value is -3.83. The number of benzene rings is 1. The van der Waals surface area contributed by atoms with Crippen LogP contribution in [0.2, 0.25) is 0 Å². The molecule has 0 atom stereocenters. The number of hydrogen-bond donors (Lipinski definition) is 0. The number of allylic oxidation sites excluding steroid dienone is 5. The van der Waals surface area contributed by atoms with Gasteiger partial charge in [-0.15, -0.1) is 0 Å². The van der Waals surface area contributed by atoms with Gasteiger partial charge in [-0.1, -0.05) is 24.3 Å². The van der Waals surface area contributed by atoms with Crippen LogP contribution < -0.4 is 4.90 Å². The van der Waals surface area contributed by atoms with Crippen LogP contribution in [0.3, 0.4) is 0 Å². The fourth-order valence-electron chi connectivity index (χ4n) is 2.53. The number of ether oxygens (including phenoxy) is 1. The highest BCUT2D eigenvalue weighted by molar-refractivity contribution is 5.96. The molecular formula is C20H13N3O2. The number of nitrogens with zero attached hydrogens (tertiary/aromatic N) is 3. The van der Waals surface area contributed by atoms with Crippen LogP contribution in [0.1, 0.15) is 5.56 Å². The molecule has 0 bridgehead atoms. The van der Waals surface area contributed by atoms with Gasteiger partial charge in [0.2, 0.25) is 0 Å². The summed E-state index contributed by atoms with van der Waals surface area (Å²) in [5, 5.41) is 17.5. The first-order valence-corrected chi connectivity index (χ1v) is 7.51. The van der Waals surface area contributed by atoms with Crippen LogP contribution >= 0.6 is 0 Å². The summed E-state index contributed by atoms with van der Waals surface area (Å²) in [4.78, 5) is 13.8. The fraction of sp³-hybridized carbons (Fsp3) is 0.0500. The number of anilines is 1. The lowest BCUT2D eigenvalue weighted by Crippen LogP contribution is -2.18. The second-order valence-electron chi connectivity index (χ2n) is 5.38. The first kappa shape index (κ1) is 16.0. The van der Waals surface area contributed by atoms with Gasteiger partial charge in [0.15, 0.2) is 0 Å². The predicted molar refractivity (Wildman–Crippen MR) is 93.5 cm³/mol. The molecule has 5 nitrogen and oxygen atoms in total. The quantitative estimate of drug-likeness (QED) is 0.615. The molecular weight excluding hydrogens is 314 g/mol. The van der Waals surface area contributed by atoms with Crippen molar-refractivity contribution in [1.82, 2.24) is 0 Å². The van der Waals surface area contributed by atoms with Gasteiger partial charge in [0.1, 0.15) is 23.5 Å². The number of rotatable bonds is 2. The van der Waals surface area contributed by atoms with E-state index in [0.717, 1.165) is 16.9 Å². The fourth-order valence-corrected chi connectivity index (χ4v) is 2.53. The molecule has 0 N–H and O–H groups in total. The van der Waals surface area contributed by atoms with Crippen molar-refractivity contribution < 1.29 is 9.53 Å². The molecule has 0 saturated heterocycles. The average molecular weight is 327 g/mol. The number of para-hydroxylation sites is 1. The Morgan fingerprint density at radius 1 is 1.16 bits per heavy atom. The van der Waals surface area contributed by atoms with E-state index in [1.54, 1.807) is 18.2 Å². The van der Waals surface area contributed by atoms with Gasteiger partial charge in [-0.3, -0.25) is 0 Å². The molecule has 0 radical (unpaired) electrons. The Morgan fingerprint density at radius 3 is 2.68 bits per heavy atom. The lowest BCUT2D eigenvalue weighted by atomic mass is 10.1. The molecule has 0 amide bonds. The van der Waals surface area contributed by atoms with Crippen LogP contribution in [0.25, 0.3) is 6.08 Å². The molecule has 5 heteroatoms. The van der Waals surface area contributed by atoms with Crippen LogP contribution in [0, 0.1) is 22.7 Å². The summed E-state index contributed by atoms with van der Waals surface area (Å²) >= 11 is 0. The lowest BCUT2D eigenvalue weighted by molar-refractivity contribution is -0.132. The summed E-state index contributed by atoms with van der Waals surface area (Å²) in [6.45, 7) is 0. The van der Waals surface area contributed by atoms with Crippen molar-refractivity contribution in [3.8, 4) is 12.1 Å². The van der Waals surface area contributed by atoms with Crippen molar-refractivity contribution in [2.75, 3.05) is 11.9 Å². The molecule has 25 heavy (non-hydrogen) atoms. The maximum atomic E-state index is 11.8. The van der Waals surface area contributed by atoms with E-state index in [1.165, 1.54) is 12.2 Å². The molecule has 0 saturated carbocycles. The third kappa shape index (κ3) is 3.26. The highest BCUT2D eigenvalue weighted by Gasteiger charge is 2.20. The number of carbonyl (C=O) groups is 1. The number of cyclic esters (lactones) is 1.